The van der Waals surface area contributed by atoms with E-state index in [9.17, 15) is 4.79 Å². The number of methoxy groups -OCH3 is 1. The lowest BCUT2D eigenvalue weighted by Crippen LogP contribution is -2.08. The first-order chi connectivity index (χ1) is 12.4. The molecule has 134 valence electrons. The maximum absolute atomic E-state index is 12.3. The first-order valence-electron chi connectivity index (χ1n) is 8.68. The van der Waals surface area contributed by atoms with E-state index in [1.807, 2.05) is 24.3 Å². The lowest BCUT2D eigenvalue weighted by molar-refractivity contribution is 0.0520. The van der Waals surface area contributed by atoms with E-state index in [1.165, 1.54) is 5.56 Å². The van der Waals surface area contributed by atoms with Crippen molar-refractivity contribution in [3.05, 3.63) is 58.8 Å². The average Bonchev–Trinajstić information content (AvgIpc) is 2.60. The molecule has 1 heterocycles. The van der Waals surface area contributed by atoms with Crippen molar-refractivity contribution in [3.63, 3.8) is 0 Å². The van der Waals surface area contributed by atoms with E-state index in [1.54, 1.807) is 14.0 Å². The molecule has 0 aliphatic rings. The van der Waals surface area contributed by atoms with Crippen LogP contribution in [0, 0.1) is 20.8 Å². The fraction of sp³-hybridized carbons (Fsp3) is 0.273. The number of carbonyl (C=O) groups is 1. The number of nitrogens with zero attached hydrogens (tertiary/aromatic N) is 1. The molecule has 2 aromatic carbocycles. The van der Waals surface area contributed by atoms with Crippen molar-refractivity contribution in [1.29, 1.82) is 0 Å². The molecule has 4 nitrogen and oxygen atoms in total. The Bertz CT molecular complexity index is 969. The van der Waals surface area contributed by atoms with Crippen molar-refractivity contribution in [1.82, 2.24) is 4.98 Å². The van der Waals surface area contributed by atoms with E-state index >= 15 is 0 Å². The largest absolute Gasteiger partial charge is 0.497 e. The lowest BCUT2D eigenvalue weighted by atomic mass is 9.91. The molecule has 3 rings (SSSR count). The molecule has 0 saturated heterocycles. The number of pyridine rings is 1. The third-order valence-electron chi connectivity index (χ3n) is 4.45. The van der Waals surface area contributed by atoms with Crippen molar-refractivity contribution in [3.8, 4) is 16.9 Å². The number of hydrogen-bond donors (Lipinski definition) is 0. The topological polar surface area (TPSA) is 48.4 Å². The molecule has 0 aliphatic heterocycles. The van der Waals surface area contributed by atoms with Crippen LogP contribution in [-0.4, -0.2) is 24.7 Å². The summed E-state index contributed by atoms with van der Waals surface area (Å²) in [5, 5.41) is 0.951. The van der Waals surface area contributed by atoms with Crippen LogP contribution >= 0.6 is 0 Å². The molecule has 0 aliphatic carbocycles. The molecule has 0 radical (unpaired) electrons. The highest BCUT2D eigenvalue weighted by Gasteiger charge is 2.17. The Morgan fingerprint density at radius 3 is 2.35 bits per heavy atom. The maximum atomic E-state index is 12.3. The average molecular weight is 349 g/mol. The van der Waals surface area contributed by atoms with Gasteiger partial charge < -0.3 is 9.47 Å². The minimum absolute atomic E-state index is 0.318. The van der Waals surface area contributed by atoms with Crippen molar-refractivity contribution in [2.45, 2.75) is 27.7 Å². The Morgan fingerprint density at radius 2 is 1.73 bits per heavy atom. The van der Waals surface area contributed by atoms with Crippen LogP contribution in [0.4, 0.5) is 0 Å². The number of hydrogen-bond acceptors (Lipinski definition) is 4. The van der Waals surface area contributed by atoms with Crippen LogP contribution in [0.5, 0.6) is 5.75 Å². The van der Waals surface area contributed by atoms with E-state index in [0.717, 1.165) is 38.9 Å². The second-order valence-electron chi connectivity index (χ2n) is 6.43. The molecule has 0 bridgehead atoms. The van der Waals surface area contributed by atoms with Gasteiger partial charge >= 0.3 is 5.97 Å². The summed E-state index contributed by atoms with van der Waals surface area (Å²) in [7, 11) is 1.64. The monoisotopic (exact) mass is 349 g/mol. The van der Waals surface area contributed by atoms with Crippen LogP contribution in [0.25, 0.3) is 22.0 Å². The molecule has 0 spiro atoms. The van der Waals surface area contributed by atoms with E-state index in [2.05, 4.69) is 37.9 Å². The zero-order chi connectivity index (χ0) is 18.8. The minimum atomic E-state index is -0.408. The van der Waals surface area contributed by atoms with Crippen molar-refractivity contribution in [2.75, 3.05) is 13.7 Å². The number of esters is 1. The van der Waals surface area contributed by atoms with E-state index in [4.69, 9.17) is 9.47 Å². The molecule has 26 heavy (non-hydrogen) atoms. The van der Waals surface area contributed by atoms with Gasteiger partial charge in [0.25, 0.3) is 0 Å². The van der Waals surface area contributed by atoms with E-state index < -0.39 is 5.97 Å². The predicted octanol–water partition coefficient (Wildman–Crippen LogP) is 5.01. The van der Waals surface area contributed by atoms with E-state index in [0.29, 0.717) is 12.3 Å². The summed E-state index contributed by atoms with van der Waals surface area (Å²) in [5.74, 6) is 0.348. The smallest absolute Gasteiger partial charge is 0.356 e. The molecule has 0 saturated carbocycles. The summed E-state index contributed by atoms with van der Waals surface area (Å²) in [6.45, 7) is 8.37. The molecule has 0 atom stereocenters. The van der Waals surface area contributed by atoms with Crippen LogP contribution in [-0.2, 0) is 4.74 Å². The molecule has 0 amide bonds. The lowest BCUT2D eigenvalue weighted by Gasteiger charge is -2.16. The standard InChI is InChI=1S/C22H23NO3/c1-6-26-22(24)20-12-18(21-14(3)9-13(2)10-15(21)4)17-11-16(25-5)7-8-19(17)23-20/h7-12H,6H2,1-5H3. The molecule has 3 aromatic rings. The number of rotatable bonds is 4. The predicted molar refractivity (Wildman–Crippen MR) is 104 cm³/mol. The van der Waals surface area contributed by atoms with Gasteiger partial charge in [-0.25, -0.2) is 9.78 Å². The second kappa shape index (κ2) is 7.16. The third kappa shape index (κ3) is 3.27. The maximum Gasteiger partial charge on any atom is 0.356 e. The zero-order valence-electron chi connectivity index (χ0n) is 15.8. The molecule has 0 fully saturated rings. The van der Waals surface area contributed by atoms with Crippen LogP contribution < -0.4 is 4.74 Å². The first kappa shape index (κ1) is 17.9. The number of aromatic nitrogens is 1. The highest BCUT2D eigenvalue weighted by atomic mass is 16.5. The Kier molecular flexibility index (Phi) is 4.94. The Labute approximate surface area is 153 Å². The van der Waals surface area contributed by atoms with E-state index in [-0.39, 0.29) is 0 Å². The molecular weight excluding hydrogens is 326 g/mol. The molecule has 1 aromatic heterocycles. The molecule has 0 unspecified atom stereocenters. The van der Waals surface area contributed by atoms with Crippen molar-refractivity contribution < 1.29 is 14.3 Å². The third-order valence-corrected chi connectivity index (χ3v) is 4.45. The fourth-order valence-electron chi connectivity index (χ4n) is 3.45. The summed E-state index contributed by atoms with van der Waals surface area (Å²) in [6.07, 6.45) is 0. The van der Waals surface area contributed by atoms with Crippen LogP contribution in [0.3, 0.4) is 0 Å². The van der Waals surface area contributed by atoms with Gasteiger partial charge in [0.15, 0.2) is 0 Å². The molecule has 0 N–H and O–H groups in total. The fourth-order valence-corrected chi connectivity index (χ4v) is 3.45. The van der Waals surface area contributed by atoms with Gasteiger partial charge in [-0.3, -0.25) is 0 Å². The number of benzene rings is 2. The number of carbonyl (C=O) groups excluding carboxylic acids is 1. The van der Waals surface area contributed by atoms with Gasteiger partial charge in [0.2, 0.25) is 0 Å². The highest BCUT2D eigenvalue weighted by Crippen LogP contribution is 2.35. The molecular formula is C22H23NO3. The van der Waals surface area contributed by atoms with Gasteiger partial charge in [-0.1, -0.05) is 17.7 Å². The number of ether oxygens (including phenoxy) is 2. The minimum Gasteiger partial charge on any atom is -0.497 e. The van der Waals surface area contributed by atoms with Gasteiger partial charge in [-0.05, 0) is 74.2 Å². The zero-order valence-corrected chi connectivity index (χ0v) is 15.8. The highest BCUT2D eigenvalue weighted by molar-refractivity contribution is 6.01. The van der Waals surface area contributed by atoms with Gasteiger partial charge in [-0.15, -0.1) is 0 Å². The second-order valence-corrected chi connectivity index (χ2v) is 6.43. The summed E-state index contributed by atoms with van der Waals surface area (Å²) in [5.41, 5.74) is 6.67. The summed E-state index contributed by atoms with van der Waals surface area (Å²) >= 11 is 0. The number of aryl methyl sites for hydroxylation is 3. The van der Waals surface area contributed by atoms with Gasteiger partial charge in [-0.2, -0.15) is 0 Å². The molecule has 4 heteroatoms. The van der Waals surface area contributed by atoms with Crippen molar-refractivity contribution in [2.24, 2.45) is 0 Å². The van der Waals surface area contributed by atoms with Crippen LogP contribution in [0.2, 0.25) is 0 Å². The quantitative estimate of drug-likeness (QED) is 0.621. The summed E-state index contributed by atoms with van der Waals surface area (Å²) < 4.78 is 10.6. The van der Waals surface area contributed by atoms with Crippen LogP contribution in [0.1, 0.15) is 34.1 Å². The van der Waals surface area contributed by atoms with Gasteiger partial charge in [0.1, 0.15) is 11.4 Å². The Hall–Kier alpha value is -2.88. The Balaban J connectivity index is 2.36. The Morgan fingerprint density at radius 1 is 1.04 bits per heavy atom. The summed E-state index contributed by atoms with van der Waals surface area (Å²) in [6, 6.07) is 11.8. The normalized spacial score (nSPS) is 10.8. The number of fused-ring (bicyclic) bond motifs is 1. The SMILES string of the molecule is CCOC(=O)c1cc(-c2c(C)cc(C)cc2C)c2cc(OC)ccc2n1. The van der Waals surface area contributed by atoms with Crippen molar-refractivity contribution >= 4 is 16.9 Å². The summed E-state index contributed by atoms with van der Waals surface area (Å²) in [4.78, 5) is 16.8. The van der Waals surface area contributed by atoms with Crippen LogP contribution in [0.15, 0.2) is 36.4 Å². The first-order valence-corrected chi connectivity index (χ1v) is 8.68. The van der Waals surface area contributed by atoms with Gasteiger partial charge in [0.05, 0.1) is 19.2 Å². The van der Waals surface area contributed by atoms with Gasteiger partial charge in [0, 0.05) is 5.39 Å².